The van der Waals surface area contributed by atoms with Crippen molar-refractivity contribution in [1.82, 2.24) is 4.31 Å². The SMILES string of the molecule is C=C1C=C(CC)CN(S(=O)(=O)c2ccc(C)cc2)C1OC. The normalized spacial score (nSPS) is 20.4. The molecule has 0 saturated heterocycles. The van der Waals surface area contributed by atoms with Gasteiger partial charge in [-0.25, -0.2) is 8.42 Å². The molecule has 4 nitrogen and oxygen atoms in total. The van der Waals surface area contributed by atoms with Crippen molar-refractivity contribution >= 4 is 10.0 Å². The molecule has 0 saturated carbocycles. The maximum Gasteiger partial charge on any atom is 0.245 e. The van der Waals surface area contributed by atoms with E-state index in [0.29, 0.717) is 12.1 Å². The van der Waals surface area contributed by atoms with E-state index in [2.05, 4.69) is 6.58 Å². The molecule has 1 heterocycles. The lowest BCUT2D eigenvalue weighted by Crippen LogP contribution is -2.45. The monoisotopic (exact) mass is 307 g/mol. The van der Waals surface area contributed by atoms with Crippen LogP contribution >= 0.6 is 0 Å². The standard InChI is InChI=1S/C16H21NO3S/c1-5-14-10-13(3)16(20-4)17(11-14)21(18,19)15-8-6-12(2)7-9-15/h6-10,16H,3,5,11H2,1-2,4H3. The summed E-state index contributed by atoms with van der Waals surface area (Å²) in [5.74, 6) is 0. The van der Waals surface area contributed by atoms with Gasteiger partial charge in [-0.2, -0.15) is 4.31 Å². The van der Waals surface area contributed by atoms with E-state index >= 15 is 0 Å². The molecule has 0 aromatic heterocycles. The molecular formula is C16H21NO3S. The van der Waals surface area contributed by atoms with Gasteiger partial charge in [0.05, 0.1) is 4.90 Å². The predicted molar refractivity (Wildman–Crippen MR) is 83.4 cm³/mol. The van der Waals surface area contributed by atoms with Crippen molar-refractivity contribution in [2.75, 3.05) is 13.7 Å². The van der Waals surface area contributed by atoms with Gasteiger partial charge in [-0.3, -0.25) is 0 Å². The van der Waals surface area contributed by atoms with Crippen molar-refractivity contribution in [3.63, 3.8) is 0 Å². The Bertz CT molecular complexity index is 659. The molecule has 0 radical (unpaired) electrons. The molecule has 1 aromatic rings. The molecule has 0 aliphatic carbocycles. The average molecular weight is 307 g/mol. The lowest BCUT2D eigenvalue weighted by Gasteiger charge is -2.34. The number of ether oxygens (including phenoxy) is 1. The molecule has 21 heavy (non-hydrogen) atoms. The van der Waals surface area contributed by atoms with Crippen LogP contribution in [0.15, 0.2) is 53.0 Å². The molecule has 0 bridgehead atoms. The smallest absolute Gasteiger partial charge is 0.245 e. The Kier molecular flexibility index (Phi) is 4.66. The summed E-state index contributed by atoms with van der Waals surface area (Å²) in [5, 5.41) is 0. The summed E-state index contributed by atoms with van der Waals surface area (Å²) in [6, 6.07) is 6.85. The highest BCUT2D eigenvalue weighted by Gasteiger charge is 2.35. The van der Waals surface area contributed by atoms with Crippen LogP contribution in [0.1, 0.15) is 18.9 Å². The molecule has 0 fully saturated rings. The van der Waals surface area contributed by atoms with Crippen molar-refractivity contribution in [3.8, 4) is 0 Å². The Morgan fingerprint density at radius 1 is 1.33 bits per heavy atom. The van der Waals surface area contributed by atoms with Gasteiger partial charge in [0.2, 0.25) is 10.0 Å². The minimum absolute atomic E-state index is 0.278. The van der Waals surface area contributed by atoms with E-state index in [-0.39, 0.29) is 4.90 Å². The lowest BCUT2D eigenvalue weighted by atomic mass is 10.1. The van der Waals surface area contributed by atoms with E-state index in [0.717, 1.165) is 17.6 Å². The Hall–Kier alpha value is -1.43. The number of rotatable bonds is 4. The molecule has 1 aliphatic rings. The first kappa shape index (κ1) is 15.9. The second-order valence-electron chi connectivity index (χ2n) is 5.18. The summed E-state index contributed by atoms with van der Waals surface area (Å²) in [6.07, 6.45) is 2.07. The van der Waals surface area contributed by atoms with Crippen LogP contribution in [0.25, 0.3) is 0 Å². The van der Waals surface area contributed by atoms with Gasteiger partial charge in [0.25, 0.3) is 0 Å². The molecular weight excluding hydrogens is 286 g/mol. The third kappa shape index (κ3) is 3.10. The zero-order chi connectivity index (χ0) is 15.6. The van der Waals surface area contributed by atoms with Crippen molar-refractivity contribution in [2.45, 2.75) is 31.4 Å². The average Bonchev–Trinajstić information content (AvgIpc) is 2.46. The lowest BCUT2D eigenvalue weighted by molar-refractivity contribution is 0.0469. The van der Waals surface area contributed by atoms with Crippen molar-refractivity contribution in [1.29, 1.82) is 0 Å². The molecule has 1 unspecified atom stereocenters. The minimum atomic E-state index is -3.61. The molecule has 5 heteroatoms. The Morgan fingerprint density at radius 2 is 1.95 bits per heavy atom. The van der Waals surface area contributed by atoms with Crippen LogP contribution in [0.4, 0.5) is 0 Å². The number of methoxy groups -OCH3 is 1. The van der Waals surface area contributed by atoms with Gasteiger partial charge in [-0.1, -0.05) is 42.8 Å². The number of nitrogens with zero attached hydrogens (tertiary/aromatic N) is 1. The summed E-state index contributed by atoms with van der Waals surface area (Å²) in [4.78, 5) is 0.278. The van der Waals surface area contributed by atoms with Crippen molar-refractivity contribution in [2.24, 2.45) is 0 Å². The Balaban J connectivity index is 2.44. The molecule has 0 amide bonds. The van der Waals surface area contributed by atoms with E-state index in [4.69, 9.17) is 4.74 Å². The molecule has 0 N–H and O–H groups in total. The number of hydrogen-bond acceptors (Lipinski definition) is 3. The highest BCUT2D eigenvalue weighted by molar-refractivity contribution is 7.89. The van der Waals surface area contributed by atoms with Gasteiger partial charge in [0, 0.05) is 13.7 Å². The highest BCUT2D eigenvalue weighted by Crippen LogP contribution is 2.28. The fraction of sp³-hybridized carbons (Fsp3) is 0.375. The van der Waals surface area contributed by atoms with Crippen LogP contribution in [-0.2, 0) is 14.8 Å². The first-order valence-electron chi connectivity index (χ1n) is 6.89. The van der Waals surface area contributed by atoms with Gasteiger partial charge in [0.15, 0.2) is 0 Å². The second kappa shape index (κ2) is 6.13. The molecule has 0 spiro atoms. The van der Waals surface area contributed by atoms with Crippen LogP contribution in [-0.4, -0.2) is 32.6 Å². The zero-order valence-electron chi connectivity index (χ0n) is 12.7. The maximum atomic E-state index is 12.9. The van der Waals surface area contributed by atoms with Crippen LogP contribution in [0.2, 0.25) is 0 Å². The summed E-state index contributed by atoms with van der Waals surface area (Å²) < 4.78 is 32.4. The fourth-order valence-corrected chi connectivity index (χ4v) is 3.95. The van der Waals surface area contributed by atoms with E-state index in [1.54, 1.807) is 24.3 Å². The number of sulfonamides is 1. The van der Waals surface area contributed by atoms with Gasteiger partial charge in [-0.05, 0) is 31.1 Å². The van der Waals surface area contributed by atoms with Crippen LogP contribution in [0.5, 0.6) is 0 Å². The predicted octanol–water partition coefficient (Wildman–Crippen LogP) is 2.86. The number of aryl methyl sites for hydroxylation is 1. The number of benzene rings is 1. The molecule has 2 rings (SSSR count). The first-order valence-corrected chi connectivity index (χ1v) is 8.33. The minimum Gasteiger partial charge on any atom is -0.361 e. The summed E-state index contributed by atoms with van der Waals surface area (Å²) in [7, 11) is -2.11. The van der Waals surface area contributed by atoms with E-state index in [9.17, 15) is 8.42 Å². The van der Waals surface area contributed by atoms with Gasteiger partial charge < -0.3 is 4.74 Å². The number of hydrogen-bond donors (Lipinski definition) is 0. The second-order valence-corrected chi connectivity index (χ2v) is 7.07. The molecule has 1 atom stereocenters. The molecule has 114 valence electrons. The quantitative estimate of drug-likeness (QED) is 0.859. The third-order valence-electron chi connectivity index (χ3n) is 3.63. The van der Waals surface area contributed by atoms with E-state index < -0.39 is 16.3 Å². The Morgan fingerprint density at radius 3 is 2.48 bits per heavy atom. The van der Waals surface area contributed by atoms with Crippen LogP contribution in [0, 0.1) is 6.92 Å². The summed E-state index contributed by atoms with van der Waals surface area (Å²) in [5.41, 5.74) is 2.72. The van der Waals surface area contributed by atoms with Crippen LogP contribution < -0.4 is 0 Å². The topological polar surface area (TPSA) is 46.6 Å². The molecule has 1 aliphatic heterocycles. The van der Waals surface area contributed by atoms with Gasteiger partial charge in [0.1, 0.15) is 6.23 Å². The zero-order valence-corrected chi connectivity index (χ0v) is 13.5. The third-order valence-corrected chi connectivity index (χ3v) is 5.44. The first-order chi connectivity index (χ1) is 9.90. The summed E-state index contributed by atoms with van der Waals surface area (Å²) in [6.45, 7) is 8.19. The van der Waals surface area contributed by atoms with Crippen molar-refractivity contribution < 1.29 is 13.2 Å². The summed E-state index contributed by atoms with van der Waals surface area (Å²) >= 11 is 0. The van der Waals surface area contributed by atoms with E-state index in [1.807, 2.05) is 19.9 Å². The largest absolute Gasteiger partial charge is 0.361 e. The van der Waals surface area contributed by atoms with E-state index in [1.165, 1.54) is 11.4 Å². The van der Waals surface area contributed by atoms with Crippen LogP contribution in [0.3, 0.4) is 0 Å². The van der Waals surface area contributed by atoms with Gasteiger partial charge >= 0.3 is 0 Å². The molecule has 1 aromatic carbocycles. The maximum absolute atomic E-state index is 12.9. The Labute approximate surface area is 126 Å². The highest BCUT2D eigenvalue weighted by atomic mass is 32.2. The van der Waals surface area contributed by atoms with Crippen molar-refractivity contribution in [3.05, 3.63) is 53.6 Å². The fourth-order valence-electron chi connectivity index (χ4n) is 2.39. The van der Waals surface area contributed by atoms with Gasteiger partial charge in [-0.15, -0.1) is 0 Å².